The van der Waals surface area contributed by atoms with Crippen LogP contribution in [0.2, 0.25) is 0 Å². The molecule has 2 heteroatoms. The highest BCUT2D eigenvalue weighted by molar-refractivity contribution is 5.43. The molecule has 0 aliphatic heterocycles. The zero-order valence-electron chi connectivity index (χ0n) is 7.96. The Bertz CT molecular complexity index is 292. The van der Waals surface area contributed by atoms with Crippen LogP contribution < -0.4 is 9.47 Å². The van der Waals surface area contributed by atoms with Crippen molar-refractivity contribution in [3.63, 3.8) is 0 Å². The molecule has 0 spiro atoms. The number of hydrogen-bond donors (Lipinski definition) is 0. The van der Waals surface area contributed by atoms with Crippen molar-refractivity contribution in [1.82, 2.24) is 0 Å². The summed E-state index contributed by atoms with van der Waals surface area (Å²) < 4.78 is 10.4. The first-order valence-electron chi connectivity index (χ1n) is 4.15. The van der Waals surface area contributed by atoms with Crippen molar-refractivity contribution in [3.05, 3.63) is 36.4 Å². The van der Waals surface area contributed by atoms with Gasteiger partial charge < -0.3 is 9.47 Å². The van der Waals surface area contributed by atoms with Gasteiger partial charge in [-0.3, -0.25) is 0 Å². The molecule has 2 nitrogen and oxygen atoms in total. The second-order valence-corrected chi connectivity index (χ2v) is 2.47. The highest BCUT2D eigenvalue weighted by Crippen LogP contribution is 2.23. The molecule has 69 valence electrons. The normalized spacial score (nSPS) is 9.38. The molecule has 0 bridgehead atoms. The third-order valence-electron chi connectivity index (χ3n) is 1.68. The minimum Gasteiger partial charge on any atom is -0.497 e. The Kier molecular flexibility index (Phi) is 3.38. The minimum atomic E-state index is 0.640. The van der Waals surface area contributed by atoms with Gasteiger partial charge in [0.1, 0.15) is 11.5 Å². The fourth-order valence-electron chi connectivity index (χ4n) is 1.06. The van der Waals surface area contributed by atoms with E-state index in [9.17, 15) is 0 Å². The quantitative estimate of drug-likeness (QED) is 0.703. The molecule has 0 fully saturated rings. The summed E-state index contributed by atoms with van der Waals surface area (Å²) in [6.45, 7) is 6.17. The van der Waals surface area contributed by atoms with E-state index in [-0.39, 0.29) is 0 Å². The van der Waals surface area contributed by atoms with E-state index in [1.165, 1.54) is 0 Å². The van der Waals surface area contributed by atoms with Crippen LogP contribution in [0.5, 0.6) is 11.5 Å². The van der Waals surface area contributed by atoms with E-state index in [2.05, 4.69) is 12.7 Å². The molecule has 0 atom stereocenters. The SMILES string of the molecule is C=[C]c1cc(OC)ccc1OCC. The average Bonchev–Trinajstić information content (AvgIpc) is 2.19. The van der Waals surface area contributed by atoms with E-state index in [4.69, 9.17) is 9.47 Å². The molecule has 1 aromatic rings. The number of methoxy groups -OCH3 is 1. The Morgan fingerprint density at radius 1 is 1.46 bits per heavy atom. The van der Waals surface area contributed by atoms with Gasteiger partial charge in [-0.1, -0.05) is 6.58 Å². The monoisotopic (exact) mass is 177 g/mol. The summed E-state index contributed by atoms with van der Waals surface area (Å²) in [5, 5.41) is 0. The van der Waals surface area contributed by atoms with Crippen molar-refractivity contribution in [3.8, 4) is 11.5 Å². The fourth-order valence-corrected chi connectivity index (χ4v) is 1.06. The van der Waals surface area contributed by atoms with Crippen molar-refractivity contribution in [2.24, 2.45) is 0 Å². The van der Waals surface area contributed by atoms with Gasteiger partial charge in [-0.25, -0.2) is 0 Å². The molecule has 13 heavy (non-hydrogen) atoms. The topological polar surface area (TPSA) is 18.5 Å². The zero-order chi connectivity index (χ0) is 9.68. The molecule has 0 saturated carbocycles. The van der Waals surface area contributed by atoms with Crippen LogP contribution in [0.4, 0.5) is 0 Å². The van der Waals surface area contributed by atoms with Crippen molar-refractivity contribution < 1.29 is 9.47 Å². The molecule has 0 N–H and O–H groups in total. The maximum Gasteiger partial charge on any atom is 0.127 e. The predicted octanol–water partition coefficient (Wildman–Crippen LogP) is 2.43. The molecule has 0 aliphatic carbocycles. The fraction of sp³-hybridized carbons (Fsp3) is 0.273. The van der Waals surface area contributed by atoms with Crippen LogP contribution in [0.15, 0.2) is 24.8 Å². The van der Waals surface area contributed by atoms with Crippen molar-refractivity contribution in [1.29, 1.82) is 0 Å². The molecule has 1 rings (SSSR count). The molecule has 0 saturated heterocycles. The van der Waals surface area contributed by atoms with Crippen molar-refractivity contribution >= 4 is 0 Å². The van der Waals surface area contributed by atoms with E-state index >= 15 is 0 Å². The van der Waals surface area contributed by atoms with Gasteiger partial charge in [-0.05, 0) is 31.2 Å². The van der Waals surface area contributed by atoms with E-state index in [1.807, 2.05) is 25.1 Å². The zero-order valence-corrected chi connectivity index (χ0v) is 7.96. The summed E-state index contributed by atoms with van der Waals surface area (Å²) >= 11 is 0. The molecule has 0 aromatic heterocycles. The molecule has 0 amide bonds. The van der Waals surface area contributed by atoms with Gasteiger partial charge in [-0.2, -0.15) is 0 Å². The number of hydrogen-bond acceptors (Lipinski definition) is 2. The summed E-state index contributed by atoms with van der Waals surface area (Å²) in [4.78, 5) is 0. The second kappa shape index (κ2) is 4.55. The maximum atomic E-state index is 5.37. The summed E-state index contributed by atoms with van der Waals surface area (Å²) in [6.07, 6.45) is 2.80. The Morgan fingerprint density at radius 3 is 2.77 bits per heavy atom. The number of benzene rings is 1. The number of rotatable bonds is 4. The van der Waals surface area contributed by atoms with Gasteiger partial charge in [0.25, 0.3) is 0 Å². The van der Waals surface area contributed by atoms with Gasteiger partial charge in [0.05, 0.1) is 13.7 Å². The second-order valence-electron chi connectivity index (χ2n) is 2.47. The molecule has 0 heterocycles. The van der Waals surface area contributed by atoms with Crippen LogP contribution in [0.3, 0.4) is 0 Å². The van der Waals surface area contributed by atoms with Gasteiger partial charge in [0.2, 0.25) is 0 Å². The van der Waals surface area contributed by atoms with Crippen LogP contribution >= 0.6 is 0 Å². The first-order valence-corrected chi connectivity index (χ1v) is 4.15. The van der Waals surface area contributed by atoms with E-state index in [0.717, 1.165) is 17.1 Å². The maximum absolute atomic E-state index is 5.37. The summed E-state index contributed by atoms with van der Waals surface area (Å²) in [7, 11) is 1.63. The van der Waals surface area contributed by atoms with Crippen LogP contribution in [-0.4, -0.2) is 13.7 Å². The van der Waals surface area contributed by atoms with Gasteiger partial charge in [-0.15, -0.1) is 0 Å². The van der Waals surface area contributed by atoms with Crippen molar-refractivity contribution in [2.45, 2.75) is 6.92 Å². The van der Waals surface area contributed by atoms with Gasteiger partial charge >= 0.3 is 0 Å². The predicted molar refractivity (Wildman–Crippen MR) is 52.1 cm³/mol. The summed E-state index contributed by atoms with van der Waals surface area (Å²) in [5.74, 6) is 1.58. The van der Waals surface area contributed by atoms with E-state index < -0.39 is 0 Å². The van der Waals surface area contributed by atoms with Crippen molar-refractivity contribution in [2.75, 3.05) is 13.7 Å². The highest BCUT2D eigenvalue weighted by Gasteiger charge is 2.01. The molecular formula is C11H13O2. The lowest BCUT2D eigenvalue weighted by atomic mass is 10.2. The van der Waals surface area contributed by atoms with Crippen LogP contribution in [-0.2, 0) is 0 Å². The molecule has 0 aliphatic rings. The Balaban J connectivity index is 3.00. The lowest BCUT2D eigenvalue weighted by molar-refractivity contribution is 0.337. The standard InChI is InChI=1S/C11H13O2/c1-4-9-8-10(12-3)6-7-11(9)13-5-2/h6-8H,1,5H2,2-3H3. The first kappa shape index (κ1) is 9.65. The third-order valence-corrected chi connectivity index (χ3v) is 1.68. The van der Waals surface area contributed by atoms with Crippen LogP contribution in [0.1, 0.15) is 12.5 Å². The Labute approximate surface area is 78.8 Å². The van der Waals surface area contributed by atoms with Crippen LogP contribution in [0.25, 0.3) is 0 Å². The third kappa shape index (κ3) is 2.25. The van der Waals surface area contributed by atoms with E-state index in [1.54, 1.807) is 7.11 Å². The Hall–Kier alpha value is -1.44. The van der Waals surface area contributed by atoms with Crippen LogP contribution in [0, 0.1) is 6.08 Å². The Morgan fingerprint density at radius 2 is 2.23 bits per heavy atom. The largest absolute Gasteiger partial charge is 0.497 e. The van der Waals surface area contributed by atoms with Gasteiger partial charge in [0, 0.05) is 5.56 Å². The number of ether oxygens (including phenoxy) is 2. The summed E-state index contributed by atoms with van der Waals surface area (Å²) in [5.41, 5.74) is 0.834. The molecular weight excluding hydrogens is 164 g/mol. The van der Waals surface area contributed by atoms with Gasteiger partial charge in [0.15, 0.2) is 0 Å². The van der Waals surface area contributed by atoms with E-state index in [0.29, 0.717) is 6.61 Å². The highest BCUT2D eigenvalue weighted by atomic mass is 16.5. The molecule has 1 radical (unpaired) electrons. The average molecular weight is 177 g/mol. The lowest BCUT2D eigenvalue weighted by Gasteiger charge is -2.08. The summed E-state index contributed by atoms with van der Waals surface area (Å²) in [6, 6.07) is 5.56. The lowest BCUT2D eigenvalue weighted by Crippen LogP contribution is -1.94. The molecule has 1 aromatic carbocycles. The smallest absolute Gasteiger partial charge is 0.127 e. The first-order chi connectivity index (χ1) is 6.31. The molecule has 0 unspecified atom stereocenters. The minimum absolute atomic E-state index is 0.640.